The van der Waals surface area contributed by atoms with Gasteiger partial charge in [0.1, 0.15) is 18.1 Å². The summed E-state index contributed by atoms with van der Waals surface area (Å²) in [5.41, 5.74) is 0.520. The molecule has 1 N–H and O–H groups in total. The lowest BCUT2D eigenvalue weighted by molar-refractivity contribution is -0.116. The summed E-state index contributed by atoms with van der Waals surface area (Å²) in [6.07, 6.45) is 1.35. The SMILES string of the molecule is CCOc1ccc(NC(=O)Cn2cc(C(=O)c3ccc(F)cc3)c(=O)c3cc(Cl)ccc32)cc1. The van der Waals surface area contributed by atoms with E-state index < -0.39 is 17.0 Å². The number of pyridine rings is 1. The van der Waals surface area contributed by atoms with Gasteiger partial charge in [0, 0.05) is 27.9 Å². The molecule has 0 saturated heterocycles. The topological polar surface area (TPSA) is 77.4 Å². The van der Waals surface area contributed by atoms with Gasteiger partial charge in [0.15, 0.2) is 5.78 Å². The fourth-order valence-corrected chi connectivity index (χ4v) is 3.75. The number of benzene rings is 3. The number of amides is 1. The number of carbonyl (C=O) groups excluding carboxylic acids is 2. The van der Waals surface area contributed by atoms with E-state index in [1.54, 1.807) is 36.4 Å². The van der Waals surface area contributed by atoms with Gasteiger partial charge in [-0.3, -0.25) is 14.4 Å². The van der Waals surface area contributed by atoms with Crippen LogP contribution in [0.1, 0.15) is 22.8 Å². The predicted octanol–water partition coefficient (Wildman–Crippen LogP) is 5.06. The Kier molecular flexibility index (Phi) is 6.75. The maximum atomic E-state index is 13.3. The van der Waals surface area contributed by atoms with Gasteiger partial charge in [0.05, 0.1) is 17.7 Å². The minimum Gasteiger partial charge on any atom is -0.494 e. The molecule has 1 heterocycles. The number of carbonyl (C=O) groups is 2. The first-order valence-electron chi connectivity index (χ1n) is 10.5. The molecule has 0 atom stereocenters. The molecular weight excluding hydrogens is 459 g/mol. The highest BCUT2D eigenvalue weighted by molar-refractivity contribution is 6.31. The van der Waals surface area contributed by atoms with E-state index in [1.165, 1.54) is 29.0 Å². The van der Waals surface area contributed by atoms with Crippen LogP contribution in [0.15, 0.2) is 77.7 Å². The van der Waals surface area contributed by atoms with Gasteiger partial charge in [0.25, 0.3) is 0 Å². The van der Waals surface area contributed by atoms with E-state index in [1.807, 2.05) is 6.92 Å². The zero-order chi connectivity index (χ0) is 24.2. The van der Waals surface area contributed by atoms with Crippen LogP contribution < -0.4 is 15.5 Å². The average molecular weight is 479 g/mol. The van der Waals surface area contributed by atoms with Crippen molar-refractivity contribution in [2.24, 2.45) is 0 Å². The third-order valence-corrected chi connectivity index (χ3v) is 5.39. The van der Waals surface area contributed by atoms with Crippen molar-refractivity contribution in [3.63, 3.8) is 0 Å². The summed E-state index contributed by atoms with van der Waals surface area (Å²) >= 11 is 6.09. The fourth-order valence-electron chi connectivity index (χ4n) is 3.58. The normalized spacial score (nSPS) is 10.8. The molecule has 1 aromatic heterocycles. The third-order valence-electron chi connectivity index (χ3n) is 5.16. The van der Waals surface area contributed by atoms with Gasteiger partial charge in [-0.2, -0.15) is 0 Å². The molecule has 8 heteroatoms. The number of ketones is 1. The molecule has 0 saturated carbocycles. The number of halogens is 2. The Labute approximate surface area is 199 Å². The van der Waals surface area contributed by atoms with E-state index in [0.717, 1.165) is 12.1 Å². The summed E-state index contributed by atoms with van der Waals surface area (Å²) in [6.45, 7) is 2.26. The molecule has 0 radical (unpaired) electrons. The summed E-state index contributed by atoms with van der Waals surface area (Å²) in [5, 5.41) is 3.31. The van der Waals surface area contributed by atoms with Crippen LogP contribution in [0.25, 0.3) is 10.9 Å². The monoisotopic (exact) mass is 478 g/mol. The molecule has 0 unspecified atom stereocenters. The highest BCUT2D eigenvalue weighted by atomic mass is 35.5. The molecule has 1 amide bonds. The second kappa shape index (κ2) is 9.89. The van der Waals surface area contributed by atoms with Crippen LogP contribution in [0, 0.1) is 5.82 Å². The summed E-state index contributed by atoms with van der Waals surface area (Å²) in [6, 6.07) is 16.5. The highest BCUT2D eigenvalue weighted by Crippen LogP contribution is 2.20. The number of nitrogens with one attached hydrogen (secondary N) is 1. The molecule has 0 spiro atoms. The van der Waals surface area contributed by atoms with Crippen LogP contribution in [0.5, 0.6) is 5.75 Å². The van der Waals surface area contributed by atoms with Crippen LogP contribution in [-0.4, -0.2) is 22.9 Å². The highest BCUT2D eigenvalue weighted by Gasteiger charge is 2.19. The van der Waals surface area contributed by atoms with Gasteiger partial charge in [-0.1, -0.05) is 11.6 Å². The maximum absolute atomic E-state index is 13.3. The lowest BCUT2D eigenvalue weighted by Gasteiger charge is -2.14. The Hall–Kier alpha value is -3.97. The first-order valence-corrected chi connectivity index (χ1v) is 10.9. The quantitative estimate of drug-likeness (QED) is 0.376. The summed E-state index contributed by atoms with van der Waals surface area (Å²) in [5.74, 6) is -0.741. The second-order valence-electron chi connectivity index (χ2n) is 7.50. The second-order valence-corrected chi connectivity index (χ2v) is 7.94. The number of anilines is 1. The number of fused-ring (bicyclic) bond motifs is 1. The van der Waals surface area contributed by atoms with Crippen molar-refractivity contribution in [2.75, 3.05) is 11.9 Å². The van der Waals surface area contributed by atoms with E-state index in [0.29, 0.717) is 28.6 Å². The minimum atomic E-state index is -0.576. The Bertz CT molecular complexity index is 1430. The predicted molar refractivity (Wildman–Crippen MR) is 129 cm³/mol. The van der Waals surface area contributed by atoms with Gasteiger partial charge < -0.3 is 14.6 Å². The largest absolute Gasteiger partial charge is 0.494 e. The maximum Gasteiger partial charge on any atom is 0.244 e. The molecule has 0 aliphatic carbocycles. The van der Waals surface area contributed by atoms with Crippen LogP contribution >= 0.6 is 11.6 Å². The first kappa shape index (κ1) is 23.2. The Morgan fingerprint density at radius 3 is 2.41 bits per heavy atom. The van der Waals surface area contributed by atoms with Crippen molar-refractivity contribution >= 4 is 39.9 Å². The van der Waals surface area contributed by atoms with Crippen LogP contribution in [0.2, 0.25) is 5.02 Å². The average Bonchev–Trinajstić information content (AvgIpc) is 2.82. The molecule has 0 bridgehead atoms. The first-order chi connectivity index (χ1) is 16.4. The zero-order valence-corrected chi connectivity index (χ0v) is 18.9. The fraction of sp³-hybridized carbons (Fsp3) is 0.115. The summed E-state index contributed by atoms with van der Waals surface area (Å²) in [4.78, 5) is 38.9. The van der Waals surface area contributed by atoms with Crippen LogP contribution in [0.4, 0.5) is 10.1 Å². The van der Waals surface area contributed by atoms with Crippen molar-refractivity contribution in [2.45, 2.75) is 13.5 Å². The van der Waals surface area contributed by atoms with E-state index in [4.69, 9.17) is 16.3 Å². The molecule has 4 rings (SSSR count). The molecule has 0 fully saturated rings. The van der Waals surface area contributed by atoms with Crippen molar-refractivity contribution < 1.29 is 18.7 Å². The van der Waals surface area contributed by atoms with E-state index in [-0.39, 0.29) is 29.0 Å². The molecule has 172 valence electrons. The van der Waals surface area contributed by atoms with E-state index >= 15 is 0 Å². The van der Waals surface area contributed by atoms with Crippen molar-refractivity contribution in [3.8, 4) is 5.75 Å². The van der Waals surface area contributed by atoms with Gasteiger partial charge >= 0.3 is 0 Å². The number of rotatable bonds is 7. The Morgan fingerprint density at radius 2 is 1.74 bits per heavy atom. The number of hydrogen-bond donors (Lipinski definition) is 1. The molecule has 0 aliphatic rings. The third kappa shape index (κ3) is 5.00. The van der Waals surface area contributed by atoms with Crippen molar-refractivity contribution in [3.05, 3.63) is 105 Å². The summed E-state index contributed by atoms with van der Waals surface area (Å²) < 4.78 is 20.2. The van der Waals surface area contributed by atoms with Gasteiger partial charge in [-0.25, -0.2) is 4.39 Å². The number of ether oxygens (including phenoxy) is 1. The molecule has 6 nitrogen and oxygen atoms in total. The Morgan fingerprint density at radius 1 is 1.03 bits per heavy atom. The zero-order valence-electron chi connectivity index (χ0n) is 18.2. The van der Waals surface area contributed by atoms with Crippen molar-refractivity contribution in [1.29, 1.82) is 0 Å². The van der Waals surface area contributed by atoms with Crippen LogP contribution in [0.3, 0.4) is 0 Å². The Balaban J connectivity index is 1.69. The standard InChI is InChI=1S/C26H20ClFN2O4/c1-2-34-20-10-8-19(9-11-20)29-24(31)15-30-14-22(25(32)16-3-6-18(28)7-4-16)26(33)21-13-17(27)5-12-23(21)30/h3-14H,2,15H2,1H3,(H,29,31). The molecule has 34 heavy (non-hydrogen) atoms. The van der Waals surface area contributed by atoms with E-state index in [9.17, 15) is 18.8 Å². The number of hydrogen-bond acceptors (Lipinski definition) is 4. The molecule has 4 aromatic rings. The minimum absolute atomic E-state index is 0.143. The van der Waals surface area contributed by atoms with E-state index in [2.05, 4.69) is 5.32 Å². The molecular formula is C26H20ClFN2O4. The van der Waals surface area contributed by atoms with Crippen molar-refractivity contribution in [1.82, 2.24) is 4.57 Å². The van der Waals surface area contributed by atoms with Crippen LogP contribution in [-0.2, 0) is 11.3 Å². The smallest absolute Gasteiger partial charge is 0.244 e. The van der Waals surface area contributed by atoms with Gasteiger partial charge in [0.2, 0.25) is 11.3 Å². The molecule has 0 aliphatic heterocycles. The van der Waals surface area contributed by atoms with Gasteiger partial charge in [-0.15, -0.1) is 0 Å². The lowest BCUT2D eigenvalue weighted by Crippen LogP contribution is -2.24. The van der Waals surface area contributed by atoms with Gasteiger partial charge in [-0.05, 0) is 73.7 Å². The lowest BCUT2D eigenvalue weighted by atomic mass is 10.0. The molecule has 3 aromatic carbocycles. The summed E-state index contributed by atoms with van der Waals surface area (Å²) in [7, 11) is 0. The number of aromatic nitrogens is 1. The number of nitrogens with zero attached hydrogens (tertiary/aromatic N) is 1.